The number of piperidine rings is 1. The molecule has 1 aromatic rings. The molecule has 1 aromatic carbocycles. The number of halogens is 2. The van der Waals surface area contributed by atoms with Gasteiger partial charge in [-0.25, -0.2) is 8.78 Å². The van der Waals surface area contributed by atoms with Crippen LogP contribution in [0, 0.1) is 17.6 Å². The number of benzene rings is 1. The molecule has 3 amide bonds. The van der Waals surface area contributed by atoms with Crippen molar-refractivity contribution >= 4 is 17.7 Å². The quantitative estimate of drug-likeness (QED) is 0.646. The van der Waals surface area contributed by atoms with Gasteiger partial charge in [0, 0.05) is 44.1 Å². The molecule has 0 atom stereocenters. The first-order valence-electron chi connectivity index (χ1n) is 11.3. The lowest BCUT2D eigenvalue weighted by atomic mass is 9.88. The van der Waals surface area contributed by atoms with E-state index in [9.17, 15) is 23.2 Å². The molecule has 0 unspecified atom stereocenters. The fourth-order valence-electron chi connectivity index (χ4n) is 4.33. The van der Waals surface area contributed by atoms with Gasteiger partial charge in [0.25, 0.3) is 5.91 Å². The molecule has 0 radical (unpaired) electrons. The second-order valence-corrected chi connectivity index (χ2v) is 8.48. The maximum Gasteiger partial charge on any atom is 0.254 e. The minimum Gasteiger partial charge on any atom is -0.353 e. The van der Waals surface area contributed by atoms with Crippen molar-refractivity contribution in [3.05, 3.63) is 35.4 Å². The molecule has 6 nitrogen and oxygen atoms in total. The maximum absolute atomic E-state index is 13.6. The summed E-state index contributed by atoms with van der Waals surface area (Å²) in [4.78, 5) is 38.5. The molecular formula is C23H31F2N3O3. The number of nitrogens with one attached hydrogen (secondary N) is 2. The SMILES string of the molecule is O=C(NCCCC(=O)N1CCC(NC(=O)C2CCCCC2)CC1)c1ccc(F)cc1F. The molecule has 2 fully saturated rings. The first-order chi connectivity index (χ1) is 14.9. The van der Waals surface area contributed by atoms with Gasteiger partial charge in [-0.2, -0.15) is 0 Å². The lowest BCUT2D eigenvalue weighted by Gasteiger charge is -2.33. The van der Waals surface area contributed by atoms with Gasteiger partial charge in [-0.1, -0.05) is 19.3 Å². The molecule has 2 N–H and O–H groups in total. The number of rotatable bonds is 7. The Kier molecular flexibility index (Phi) is 8.37. The Balaban J connectivity index is 1.32. The Labute approximate surface area is 181 Å². The Morgan fingerprint density at radius 1 is 1.00 bits per heavy atom. The van der Waals surface area contributed by atoms with E-state index in [4.69, 9.17) is 0 Å². The van der Waals surface area contributed by atoms with Crippen molar-refractivity contribution in [3.8, 4) is 0 Å². The number of carbonyl (C=O) groups is 3. The highest BCUT2D eigenvalue weighted by Crippen LogP contribution is 2.24. The zero-order valence-electron chi connectivity index (χ0n) is 17.8. The maximum atomic E-state index is 13.6. The average molecular weight is 436 g/mol. The van der Waals surface area contributed by atoms with E-state index in [1.54, 1.807) is 4.90 Å². The predicted octanol–water partition coefficient (Wildman–Crippen LogP) is 3.16. The first kappa shape index (κ1) is 23.2. The second-order valence-electron chi connectivity index (χ2n) is 8.48. The van der Waals surface area contributed by atoms with E-state index in [0.717, 1.165) is 50.7 Å². The summed E-state index contributed by atoms with van der Waals surface area (Å²) in [6, 6.07) is 2.92. The third-order valence-electron chi connectivity index (χ3n) is 6.20. The summed E-state index contributed by atoms with van der Waals surface area (Å²) in [6.45, 7) is 1.46. The Hall–Kier alpha value is -2.51. The van der Waals surface area contributed by atoms with Crippen LogP contribution in [0.5, 0.6) is 0 Å². The van der Waals surface area contributed by atoms with Crippen molar-refractivity contribution < 1.29 is 23.2 Å². The highest BCUT2D eigenvalue weighted by molar-refractivity contribution is 5.94. The van der Waals surface area contributed by atoms with Gasteiger partial charge in [0.1, 0.15) is 11.6 Å². The Morgan fingerprint density at radius 2 is 1.71 bits per heavy atom. The number of likely N-dealkylation sites (tertiary alicyclic amines) is 1. The Morgan fingerprint density at radius 3 is 2.39 bits per heavy atom. The van der Waals surface area contributed by atoms with Gasteiger partial charge in [0.05, 0.1) is 5.56 Å². The molecule has 170 valence electrons. The molecule has 0 aromatic heterocycles. The molecule has 1 saturated carbocycles. The van der Waals surface area contributed by atoms with E-state index >= 15 is 0 Å². The molecule has 0 spiro atoms. The smallest absolute Gasteiger partial charge is 0.254 e. The summed E-state index contributed by atoms with van der Waals surface area (Å²) in [5.41, 5.74) is -0.218. The van der Waals surface area contributed by atoms with Gasteiger partial charge in [-0.3, -0.25) is 14.4 Å². The van der Waals surface area contributed by atoms with E-state index in [0.29, 0.717) is 25.6 Å². The van der Waals surface area contributed by atoms with Crippen LogP contribution in [0.25, 0.3) is 0 Å². The highest BCUT2D eigenvalue weighted by atomic mass is 19.1. The van der Waals surface area contributed by atoms with Crippen molar-refractivity contribution in [1.29, 1.82) is 0 Å². The van der Waals surface area contributed by atoms with Crippen LogP contribution in [0.2, 0.25) is 0 Å². The zero-order valence-corrected chi connectivity index (χ0v) is 17.8. The van der Waals surface area contributed by atoms with Crippen molar-refractivity contribution in [2.24, 2.45) is 5.92 Å². The van der Waals surface area contributed by atoms with Gasteiger partial charge >= 0.3 is 0 Å². The van der Waals surface area contributed by atoms with Gasteiger partial charge in [0.15, 0.2) is 0 Å². The molecule has 3 rings (SSSR count). The van der Waals surface area contributed by atoms with E-state index in [2.05, 4.69) is 10.6 Å². The van der Waals surface area contributed by atoms with Crippen molar-refractivity contribution in [1.82, 2.24) is 15.5 Å². The van der Waals surface area contributed by atoms with Crippen LogP contribution < -0.4 is 10.6 Å². The minimum atomic E-state index is -0.910. The van der Waals surface area contributed by atoms with Crippen LogP contribution in [0.4, 0.5) is 8.78 Å². The highest BCUT2D eigenvalue weighted by Gasteiger charge is 2.27. The molecule has 1 aliphatic heterocycles. The van der Waals surface area contributed by atoms with Crippen LogP contribution in [0.15, 0.2) is 18.2 Å². The largest absolute Gasteiger partial charge is 0.353 e. The molecule has 2 aliphatic rings. The van der Waals surface area contributed by atoms with Crippen LogP contribution in [0.1, 0.15) is 68.1 Å². The van der Waals surface area contributed by atoms with Gasteiger partial charge in [-0.15, -0.1) is 0 Å². The fraction of sp³-hybridized carbons (Fsp3) is 0.609. The molecule has 0 bridgehead atoms. The summed E-state index contributed by atoms with van der Waals surface area (Å²) in [6.07, 6.45) is 7.67. The summed E-state index contributed by atoms with van der Waals surface area (Å²) >= 11 is 0. The summed E-state index contributed by atoms with van der Waals surface area (Å²) in [7, 11) is 0. The van der Waals surface area contributed by atoms with Crippen molar-refractivity contribution in [2.75, 3.05) is 19.6 Å². The zero-order chi connectivity index (χ0) is 22.2. The molecule has 1 heterocycles. The lowest BCUT2D eigenvalue weighted by molar-refractivity contribution is -0.132. The number of amides is 3. The van der Waals surface area contributed by atoms with Gasteiger partial charge < -0.3 is 15.5 Å². The van der Waals surface area contributed by atoms with E-state index < -0.39 is 17.5 Å². The van der Waals surface area contributed by atoms with Crippen molar-refractivity contribution in [3.63, 3.8) is 0 Å². The third-order valence-corrected chi connectivity index (χ3v) is 6.20. The van der Waals surface area contributed by atoms with Crippen LogP contribution in [-0.2, 0) is 9.59 Å². The number of carbonyl (C=O) groups excluding carboxylic acids is 3. The molecule has 1 aliphatic carbocycles. The van der Waals surface area contributed by atoms with Gasteiger partial charge in [-0.05, 0) is 44.2 Å². The second kappa shape index (κ2) is 11.2. The fourth-order valence-corrected chi connectivity index (χ4v) is 4.33. The van der Waals surface area contributed by atoms with E-state index in [-0.39, 0.29) is 42.3 Å². The predicted molar refractivity (Wildman–Crippen MR) is 112 cm³/mol. The van der Waals surface area contributed by atoms with E-state index in [1.807, 2.05) is 0 Å². The van der Waals surface area contributed by atoms with Crippen LogP contribution >= 0.6 is 0 Å². The topological polar surface area (TPSA) is 78.5 Å². The first-order valence-corrected chi connectivity index (χ1v) is 11.3. The molecule has 31 heavy (non-hydrogen) atoms. The van der Waals surface area contributed by atoms with Gasteiger partial charge in [0.2, 0.25) is 11.8 Å². The van der Waals surface area contributed by atoms with Crippen molar-refractivity contribution in [2.45, 2.75) is 63.8 Å². The summed E-state index contributed by atoms with van der Waals surface area (Å²) in [5, 5.41) is 5.72. The number of hydrogen-bond donors (Lipinski definition) is 2. The Bertz CT molecular complexity index is 788. The van der Waals surface area contributed by atoms with E-state index in [1.165, 1.54) is 6.42 Å². The average Bonchev–Trinajstić information content (AvgIpc) is 2.77. The lowest BCUT2D eigenvalue weighted by Crippen LogP contribution is -2.48. The molecule has 1 saturated heterocycles. The third kappa shape index (κ3) is 6.74. The standard InChI is InChI=1S/C23H31F2N3O3/c24-17-8-9-19(20(25)15-17)23(31)26-12-4-7-21(29)28-13-10-18(11-14-28)27-22(30)16-5-2-1-3-6-16/h8-9,15-16,18H,1-7,10-14H2,(H,26,31)(H,27,30). The number of nitrogens with zero attached hydrogens (tertiary/aromatic N) is 1. The molecule has 8 heteroatoms. The molecular weight excluding hydrogens is 404 g/mol. The van der Waals surface area contributed by atoms with Crippen LogP contribution in [0.3, 0.4) is 0 Å². The monoisotopic (exact) mass is 435 g/mol. The normalized spacial score (nSPS) is 17.9. The summed E-state index contributed by atoms with van der Waals surface area (Å²) in [5.74, 6) is -1.95. The minimum absolute atomic E-state index is 0.0132. The van der Waals surface area contributed by atoms with Crippen LogP contribution in [-0.4, -0.2) is 48.3 Å². The number of hydrogen-bond acceptors (Lipinski definition) is 3. The summed E-state index contributed by atoms with van der Waals surface area (Å²) < 4.78 is 26.5.